The summed E-state index contributed by atoms with van der Waals surface area (Å²) in [6, 6.07) is -0.211. The van der Waals surface area contributed by atoms with E-state index >= 15 is 0 Å². The van der Waals surface area contributed by atoms with Crippen molar-refractivity contribution in [1.29, 1.82) is 0 Å². The Morgan fingerprint density at radius 3 is 2.43 bits per heavy atom. The van der Waals surface area contributed by atoms with Gasteiger partial charge in [0.25, 0.3) is 5.92 Å². The van der Waals surface area contributed by atoms with Crippen molar-refractivity contribution in [1.82, 2.24) is 5.32 Å². The lowest BCUT2D eigenvalue weighted by atomic mass is 10.0. The Hall–Kier alpha value is -0.180. The van der Waals surface area contributed by atoms with E-state index in [0.29, 0.717) is 24.8 Å². The van der Waals surface area contributed by atoms with Crippen LogP contribution in [0, 0.1) is 5.92 Å². The summed E-state index contributed by atoms with van der Waals surface area (Å²) in [7, 11) is 0. The third kappa shape index (κ3) is 1.92. The normalized spacial score (nSPS) is 41.8. The van der Waals surface area contributed by atoms with Gasteiger partial charge in [-0.2, -0.15) is 0 Å². The van der Waals surface area contributed by atoms with Gasteiger partial charge in [0.1, 0.15) is 0 Å². The number of rotatable bonds is 2. The quantitative estimate of drug-likeness (QED) is 0.727. The smallest absolute Gasteiger partial charge is 0.263 e. The lowest BCUT2D eigenvalue weighted by Crippen LogP contribution is -2.46. The molecule has 14 heavy (non-hydrogen) atoms. The van der Waals surface area contributed by atoms with Crippen molar-refractivity contribution >= 4 is 0 Å². The first-order valence-electron chi connectivity index (χ1n) is 5.73. The van der Waals surface area contributed by atoms with Crippen LogP contribution in [0.25, 0.3) is 0 Å². The van der Waals surface area contributed by atoms with E-state index < -0.39 is 12.0 Å². The molecule has 3 unspecified atom stereocenters. The van der Waals surface area contributed by atoms with Gasteiger partial charge in [-0.05, 0) is 31.6 Å². The van der Waals surface area contributed by atoms with Crippen molar-refractivity contribution in [2.45, 2.75) is 63.5 Å². The molecule has 2 rings (SSSR count). The Labute approximate surface area is 84.3 Å². The van der Waals surface area contributed by atoms with Crippen LogP contribution in [-0.4, -0.2) is 18.0 Å². The Bertz CT molecular complexity index is 205. The molecule has 0 heterocycles. The van der Waals surface area contributed by atoms with E-state index in [9.17, 15) is 8.78 Å². The third-order valence-corrected chi connectivity index (χ3v) is 3.79. The van der Waals surface area contributed by atoms with Crippen LogP contribution in [-0.2, 0) is 0 Å². The van der Waals surface area contributed by atoms with Gasteiger partial charge in [-0.3, -0.25) is 0 Å². The SMILES string of the molecule is CC1CCCC1NC1CCCC1(F)F. The fraction of sp³-hybridized carbons (Fsp3) is 1.00. The molecule has 2 aliphatic carbocycles. The minimum absolute atomic E-state index is 0.0752. The van der Waals surface area contributed by atoms with Gasteiger partial charge >= 0.3 is 0 Å². The molecule has 2 fully saturated rings. The Morgan fingerprint density at radius 1 is 1.14 bits per heavy atom. The molecule has 1 nitrogen and oxygen atoms in total. The van der Waals surface area contributed by atoms with Crippen molar-refractivity contribution < 1.29 is 8.78 Å². The molecular formula is C11H19F2N. The van der Waals surface area contributed by atoms with Crippen molar-refractivity contribution in [3.05, 3.63) is 0 Å². The number of hydrogen-bond acceptors (Lipinski definition) is 1. The monoisotopic (exact) mass is 203 g/mol. The second-order valence-electron chi connectivity index (χ2n) is 4.89. The van der Waals surface area contributed by atoms with E-state index in [1.165, 1.54) is 12.8 Å². The van der Waals surface area contributed by atoms with Gasteiger partial charge in [0, 0.05) is 12.5 Å². The third-order valence-electron chi connectivity index (χ3n) is 3.79. The van der Waals surface area contributed by atoms with E-state index in [-0.39, 0.29) is 6.42 Å². The highest BCUT2D eigenvalue weighted by atomic mass is 19.3. The predicted octanol–water partition coefficient (Wildman–Crippen LogP) is 2.95. The van der Waals surface area contributed by atoms with Gasteiger partial charge in [-0.15, -0.1) is 0 Å². The number of hydrogen-bond donors (Lipinski definition) is 1. The van der Waals surface area contributed by atoms with E-state index in [4.69, 9.17) is 0 Å². The molecule has 0 aromatic rings. The summed E-state index contributed by atoms with van der Waals surface area (Å²) < 4.78 is 26.7. The summed E-state index contributed by atoms with van der Waals surface area (Å²) in [5, 5.41) is 3.17. The lowest BCUT2D eigenvalue weighted by Gasteiger charge is -2.26. The lowest BCUT2D eigenvalue weighted by molar-refractivity contribution is -0.0221. The topological polar surface area (TPSA) is 12.0 Å². The number of nitrogens with one attached hydrogen (secondary N) is 1. The zero-order valence-corrected chi connectivity index (χ0v) is 8.73. The van der Waals surface area contributed by atoms with Crippen molar-refractivity contribution in [3.63, 3.8) is 0 Å². The van der Waals surface area contributed by atoms with Gasteiger partial charge in [0.15, 0.2) is 0 Å². The van der Waals surface area contributed by atoms with Gasteiger partial charge in [0.2, 0.25) is 0 Å². The molecule has 0 aliphatic heterocycles. The molecule has 2 saturated carbocycles. The average molecular weight is 203 g/mol. The molecule has 2 aliphatic rings. The highest BCUT2D eigenvalue weighted by Gasteiger charge is 2.45. The molecule has 3 heteroatoms. The molecule has 1 N–H and O–H groups in total. The molecule has 0 spiro atoms. The minimum atomic E-state index is -2.46. The van der Waals surface area contributed by atoms with Crippen LogP contribution in [0.1, 0.15) is 45.4 Å². The number of halogens is 2. The molecule has 3 atom stereocenters. The summed E-state index contributed by atoms with van der Waals surface area (Å²) >= 11 is 0. The maximum Gasteiger partial charge on any atom is 0.263 e. The van der Waals surface area contributed by atoms with Crippen LogP contribution in [0.5, 0.6) is 0 Å². The molecule has 0 radical (unpaired) electrons. The van der Waals surface area contributed by atoms with Gasteiger partial charge in [-0.1, -0.05) is 13.3 Å². The van der Waals surface area contributed by atoms with Crippen LogP contribution in [0.4, 0.5) is 8.78 Å². The van der Waals surface area contributed by atoms with Crippen LogP contribution in [0.2, 0.25) is 0 Å². The van der Waals surface area contributed by atoms with Crippen LogP contribution < -0.4 is 5.32 Å². The largest absolute Gasteiger partial charge is 0.306 e. The standard InChI is InChI=1S/C11H19F2N/c1-8-4-2-5-9(8)14-10-6-3-7-11(10,12)13/h8-10,14H,2-7H2,1H3. The maximum atomic E-state index is 13.3. The van der Waals surface area contributed by atoms with E-state index in [1.807, 2.05) is 0 Å². The fourth-order valence-electron chi connectivity index (χ4n) is 2.78. The molecule has 0 aromatic heterocycles. The van der Waals surface area contributed by atoms with Gasteiger partial charge < -0.3 is 5.32 Å². The molecular weight excluding hydrogens is 184 g/mol. The molecule has 0 amide bonds. The van der Waals surface area contributed by atoms with Crippen LogP contribution in [0.15, 0.2) is 0 Å². The van der Waals surface area contributed by atoms with E-state index in [2.05, 4.69) is 12.2 Å². The summed E-state index contributed by atoms with van der Waals surface area (Å²) in [6.07, 6.45) is 4.86. The molecule has 0 aromatic carbocycles. The maximum absolute atomic E-state index is 13.3. The van der Waals surface area contributed by atoms with Crippen molar-refractivity contribution in [2.24, 2.45) is 5.92 Å². The van der Waals surface area contributed by atoms with Crippen LogP contribution >= 0.6 is 0 Å². The minimum Gasteiger partial charge on any atom is -0.306 e. The number of alkyl halides is 2. The highest BCUT2D eigenvalue weighted by molar-refractivity contribution is 4.93. The Morgan fingerprint density at radius 2 is 1.93 bits per heavy atom. The second-order valence-corrected chi connectivity index (χ2v) is 4.89. The Kier molecular flexibility index (Phi) is 2.78. The highest BCUT2D eigenvalue weighted by Crippen LogP contribution is 2.37. The average Bonchev–Trinajstić information content (AvgIpc) is 2.62. The summed E-state index contributed by atoms with van der Waals surface area (Å²) in [6.45, 7) is 2.16. The first kappa shape index (κ1) is 10.3. The van der Waals surface area contributed by atoms with E-state index in [0.717, 1.165) is 6.42 Å². The first-order valence-corrected chi connectivity index (χ1v) is 5.73. The summed E-state index contributed by atoms with van der Waals surface area (Å²) in [4.78, 5) is 0. The second kappa shape index (κ2) is 3.76. The first-order chi connectivity index (χ1) is 6.59. The van der Waals surface area contributed by atoms with Gasteiger partial charge in [0.05, 0.1) is 6.04 Å². The summed E-state index contributed by atoms with van der Waals surface area (Å²) in [5.41, 5.74) is 0. The van der Waals surface area contributed by atoms with Crippen LogP contribution in [0.3, 0.4) is 0 Å². The zero-order valence-electron chi connectivity index (χ0n) is 8.73. The Balaban J connectivity index is 1.90. The van der Waals surface area contributed by atoms with Crippen molar-refractivity contribution in [2.75, 3.05) is 0 Å². The van der Waals surface area contributed by atoms with Crippen molar-refractivity contribution in [3.8, 4) is 0 Å². The molecule has 0 bridgehead atoms. The predicted molar refractivity (Wildman–Crippen MR) is 52.5 cm³/mol. The molecule has 82 valence electrons. The van der Waals surface area contributed by atoms with Gasteiger partial charge in [-0.25, -0.2) is 8.78 Å². The van der Waals surface area contributed by atoms with E-state index in [1.54, 1.807) is 0 Å². The zero-order chi connectivity index (χ0) is 10.2. The molecule has 0 saturated heterocycles. The fourth-order valence-corrected chi connectivity index (χ4v) is 2.78. The summed E-state index contributed by atoms with van der Waals surface area (Å²) in [5.74, 6) is -1.88.